The maximum Gasteiger partial charge on any atom is 0.264 e. The minimum atomic E-state index is -3.75. The minimum absolute atomic E-state index is 0.124. The standard InChI is InChI=1S/C19H20N2O3S/c1-13-11-19(22)20-17-7-2-3-8-18(17)21(13)25(23,24)16-10-9-14-5-4-6-15(14)12-16/h2-3,7-10,12-13H,4-6,11H2,1H3,(H,20,22)/t13-/m1/s1. The Morgan fingerprint density at radius 2 is 1.84 bits per heavy atom. The van der Waals surface area contributed by atoms with E-state index in [1.807, 2.05) is 6.07 Å². The normalized spacial score (nSPS) is 19.8. The van der Waals surface area contributed by atoms with Crippen molar-refractivity contribution in [3.05, 3.63) is 53.6 Å². The number of amides is 1. The van der Waals surface area contributed by atoms with E-state index in [2.05, 4.69) is 5.32 Å². The lowest BCUT2D eigenvalue weighted by Gasteiger charge is -2.29. The molecular formula is C19H20N2O3S. The summed E-state index contributed by atoms with van der Waals surface area (Å²) in [6.07, 6.45) is 3.13. The zero-order valence-electron chi connectivity index (χ0n) is 14.0. The van der Waals surface area contributed by atoms with Crippen molar-refractivity contribution >= 4 is 27.3 Å². The molecule has 0 fully saturated rings. The molecule has 1 amide bonds. The van der Waals surface area contributed by atoms with Crippen molar-refractivity contribution in [1.29, 1.82) is 0 Å². The van der Waals surface area contributed by atoms with Crippen molar-refractivity contribution in [2.24, 2.45) is 0 Å². The van der Waals surface area contributed by atoms with Crippen LogP contribution in [0.4, 0.5) is 11.4 Å². The molecule has 2 aromatic carbocycles. The van der Waals surface area contributed by atoms with Gasteiger partial charge in [-0.15, -0.1) is 0 Å². The van der Waals surface area contributed by atoms with Crippen LogP contribution < -0.4 is 9.62 Å². The number of carbonyl (C=O) groups excluding carboxylic acids is 1. The molecule has 5 nitrogen and oxygen atoms in total. The highest BCUT2D eigenvalue weighted by molar-refractivity contribution is 7.92. The van der Waals surface area contributed by atoms with Gasteiger partial charge in [0.25, 0.3) is 10.0 Å². The largest absolute Gasteiger partial charge is 0.324 e. The average molecular weight is 356 g/mol. The lowest BCUT2D eigenvalue weighted by atomic mass is 10.1. The van der Waals surface area contributed by atoms with Gasteiger partial charge >= 0.3 is 0 Å². The number of aryl methyl sites for hydroxylation is 2. The number of hydrogen-bond donors (Lipinski definition) is 1. The van der Waals surface area contributed by atoms with E-state index >= 15 is 0 Å². The third-order valence-corrected chi connectivity index (χ3v) is 6.85. The van der Waals surface area contributed by atoms with Crippen LogP contribution in [0, 0.1) is 0 Å². The monoisotopic (exact) mass is 356 g/mol. The van der Waals surface area contributed by atoms with E-state index < -0.39 is 16.1 Å². The molecule has 130 valence electrons. The molecule has 6 heteroatoms. The van der Waals surface area contributed by atoms with Gasteiger partial charge in [-0.3, -0.25) is 9.10 Å². The molecule has 0 saturated heterocycles. The lowest BCUT2D eigenvalue weighted by molar-refractivity contribution is -0.116. The number of carbonyl (C=O) groups is 1. The third kappa shape index (κ3) is 2.70. The summed E-state index contributed by atoms with van der Waals surface area (Å²) in [5.41, 5.74) is 3.40. The van der Waals surface area contributed by atoms with Gasteiger partial charge in [-0.25, -0.2) is 8.42 Å². The smallest absolute Gasteiger partial charge is 0.264 e. The molecule has 1 aliphatic heterocycles. The van der Waals surface area contributed by atoms with Crippen LogP contribution in [0.25, 0.3) is 0 Å². The van der Waals surface area contributed by atoms with E-state index in [1.165, 1.54) is 9.87 Å². The SMILES string of the molecule is C[C@@H]1CC(=O)Nc2ccccc2N1S(=O)(=O)c1ccc2c(c1)CCC2. The molecule has 4 rings (SSSR count). The second-order valence-corrected chi connectivity index (χ2v) is 8.52. The molecular weight excluding hydrogens is 336 g/mol. The molecule has 0 bridgehead atoms. The van der Waals surface area contributed by atoms with Crippen LogP contribution >= 0.6 is 0 Å². The van der Waals surface area contributed by atoms with Crippen LogP contribution in [-0.4, -0.2) is 20.4 Å². The van der Waals surface area contributed by atoms with Crippen LogP contribution in [0.3, 0.4) is 0 Å². The number of anilines is 2. The van der Waals surface area contributed by atoms with Crippen molar-refractivity contribution in [2.45, 2.75) is 43.5 Å². The van der Waals surface area contributed by atoms with E-state index in [4.69, 9.17) is 0 Å². The molecule has 1 atom stereocenters. The van der Waals surface area contributed by atoms with E-state index in [0.29, 0.717) is 16.3 Å². The summed E-state index contributed by atoms with van der Waals surface area (Å²) in [7, 11) is -3.75. The van der Waals surface area contributed by atoms with Gasteiger partial charge in [0.2, 0.25) is 5.91 Å². The van der Waals surface area contributed by atoms with Crippen LogP contribution in [0.2, 0.25) is 0 Å². The van der Waals surface area contributed by atoms with Crippen LogP contribution in [-0.2, 0) is 27.7 Å². The lowest BCUT2D eigenvalue weighted by Crippen LogP contribution is -2.39. The zero-order chi connectivity index (χ0) is 17.6. The van der Waals surface area contributed by atoms with Crippen LogP contribution in [0.1, 0.15) is 30.9 Å². The summed E-state index contributed by atoms with van der Waals surface area (Å²) < 4.78 is 28.2. The van der Waals surface area contributed by atoms with E-state index in [1.54, 1.807) is 43.3 Å². The van der Waals surface area contributed by atoms with Gasteiger partial charge in [0, 0.05) is 6.42 Å². The van der Waals surface area contributed by atoms with Crippen LogP contribution in [0.15, 0.2) is 47.4 Å². The Morgan fingerprint density at radius 3 is 2.68 bits per heavy atom. The summed E-state index contributed by atoms with van der Waals surface area (Å²) in [6.45, 7) is 1.77. The van der Waals surface area contributed by atoms with Gasteiger partial charge in [-0.2, -0.15) is 0 Å². The third-order valence-electron chi connectivity index (χ3n) is 4.92. The Kier molecular flexibility index (Phi) is 3.80. The molecule has 1 N–H and O–H groups in total. The quantitative estimate of drug-likeness (QED) is 0.899. The van der Waals surface area contributed by atoms with Crippen LogP contribution in [0.5, 0.6) is 0 Å². The van der Waals surface area contributed by atoms with Crippen molar-refractivity contribution < 1.29 is 13.2 Å². The summed E-state index contributed by atoms with van der Waals surface area (Å²) in [5, 5.41) is 2.80. The molecule has 2 aliphatic rings. The van der Waals surface area contributed by atoms with Gasteiger partial charge in [0.05, 0.1) is 22.3 Å². The van der Waals surface area contributed by atoms with Gasteiger partial charge in [-0.05, 0) is 61.6 Å². The number of sulfonamides is 1. The first kappa shape index (κ1) is 16.1. The van der Waals surface area contributed by atoms with Crippen molar-refractivity contribution in [3.8, 4) is 0 Å². The second kappa shape index (κ2) is 5.88. The Balaban J connectivity index is 1.85. The number of rotatable bonds is 2. The number of nitrogens with one attached hydrogen (secondary N) is 1. The van der Waals surface area contributed by atoms with Crippen molar-refractivity contribution in [3.63, 3.8) is 0 Å². The molecule has 1 aliphatic carbocycles. The first-order valence-corrected chi connectivity index (χ1v) is 9.96. The number of fused-ring (bicyclic) bond motifs is 2. The Bertz CT molecular complexity index is 953. The molecule has 0 spiro atoms. The number of nitrogens with zero attached hydrogens (tertiary/aromatic N) is 1. The predicted octanol–water partition coefficient (Wildman–Crippen LogP) is 3.10. The zero-order valence-corrected chi connectivity index (χ0v) is 14.8. The summed E-state index contributed by atoms with van der Waals surface area (Å²) in [5.74, 6) is -0.174. The minimum Gasteiger partial charge on any atom is -0.324 e. The molecule has 0 saturated carbocycles. The maximum atomic E-state index is 13.4. The Labute approximate surface area is 147 Å². The Morgan fingerprint density at radius 1 is 1.08 bits per heavy atom. The second-order valence-electron chi connectivity index (χ2n) is 6.70. The Hall–Kier alpha value is -2.34. The van der Waals surface area contributed by atoms with Gasteiger partial charge in [0.1, 0.15) is 0 Å². The van der Waals surface area contributed by atoms with E-state index in [-0.39, 0.29) is 12.3 Å². The maximum absolute atomic E-state index is 13.4. The number of hydrogen-bond acceptors (Lipinski definition) is 3. The molecule has 0 radical (unpaired) electrons. The first-order valence-electron chi connectivity index (χ1n) is 8.52. The fourth-order valence-electron chi connectivity index (χ4n) is 3.75. The van der Waals surface area contributed by atoms with Gasteiger partial charge < -0.3 is 5.32 Å². The first-order chi connectivity index (χ1) is 12.0. The molecule has 1 heterocycles. The van der Waals surface area contributed by atoms with E-state index in [0.717, 1.165) is 24.8 Å². The highest BCUT2D eigenvalue weighted by Gasteiger charge is 2.35. The molecule has 2 aromatic rings. The molecule has 0 aromatic heterocycles. The topological polar surface area (TPSA) is 66.5 Å². The summed E-state index contributed by atoms with van der Waals surface area (Å²) in [4.78, 5) is 12.4. The number of para-hydroxylation sites is 2. The fraction of sp³-hybridized carbons (Fsp3) is 0.316. The van der Waals surface area contributed by atoms with Gasteiger partial charge in [-0.1, -0.05) is 18.2 Å². The summed E-state index contributed by atoms with van der Waals surface area (Å²) >= 11 is 0. The van der Waals surface area contributed by atoms with Crippen molar-refractivity contribution in [1.82, 2.24) is 0 Å². The van der Waals surface area contributed by atoms with E-state index in [9.17, 15) is 13.2 Å². The number of benzene rings is 2. The summed E-state index contributed by atoms with van der Waals surface area (Å²) in [6, 6.07) is 12.0. The molecule has 0 unspecified atom stereocenters. The highest BCUT2D eigenvalue weighted by atomic mass is 32.2. The predicted molar refractivity (Wildman–Crippen MR) is 97.3 cm³/mol. The average Bonchev–Trinajstić information content (AvgIpc) is 2.98. The highest BCUT2D eigenvalue weighted by Crippen LogP contribution is 2.36. The van der Waals surface area contributed by atoms with Crippen molar-refractivity contribution in [2.75, 3.05) is 9.62 Å². The van der Waals surface area contributed by atoms with Gasteiger partial charge in [0.15, 0.2) is 0 Å². The molecule has 25 heavy (non-hydrogen) atoms. The fourth-order valence-corrected chi connectivity index (χ4v) is 5.47.